The molecule has 1 N–H and O–H groups in total. The summed E-state index contributed by atoms with van der Waals surface area (Å²) in [6.45, 7) is 1.98. The molecule has 0 aliphatic heterocycles. The zero-order valence-corrected chi connectivity index (χ0v) is 14.0. The fourth-order valence-corrected chi connectivity index (χ4v) is 3.41. The van der Waals surface area contributed by atoms with Gasteiger partial charge in [-0.25, -0.2) is 4.98 Å². The molecule has 0 saturated carbocycles. The van der Waals surface area contributed by atoms with E-state index in [0.29, 0.717) is 0 Å². The molecule has 6 heteroatoms. The average molecular weight is 341 g/mol. The fraction of sp³-hybridized carbons (Fsp3) is 0.333. The smallest absolute Gasteiger partial charge is 0.203 e. The molecule has 1 aromatic heterocycles. The molecule has 0 atom stereocenters. The summed E-state index contributed by atoms with van der Waals surface area (Å²) in [4.78, 5) is 6.02. The summed E-state index contributed by atoms with van der Waals surface area (Å²) >= 11 is 7.61. The number of thiazole rings is 1. The molecule has 1 aliphatic carbocycles. The van der Waals surface area contributed by atoms with Gasteiger partial charge in [-0.05, 0) is 50.3 Å². The van der Waals surface area contributed by atoms with Crippen LogP contribution in [0.3, 0.4) is 0 Å². The van der Waals surface area contributed by atoms with Crippen LogP contribution in [0.5, 0.6) is 0 Å². The van der Waals surface area contributed by atoms with Gasteiger partial charge >= 0.3 is 0 Å². The zero-order valence-electron chi connectivity index (χ0n) is 11.7. The molecule has 0 fully saturated rings. The second-order valence-corrected chi connectivity index (χ2v) is 6.43. The first kappa shape index (κ1) is 16.3. The van der Waals surface area contributed by atoms with Crippen molar-refractivity contribution < 1.29 is 12.4 Å². The summed E-state index contributed by atoms with van der Waals surface area (Å²) in [6.07, 6.45) is 4.80. The molecule has 0 spiro atoms. The molecule has 3 rings (SSSR count). The summed E-state index contributed by atoms with van der Waals surface area (Å²) in [5.41, 5.74) is 6.31. The Morgan fingerprint density at radius 2 is 1.95 bits per heavy atom. The first-order chi connectivity index (χ1) is 9.72. The summed E-state index contributed by atoms with van der Waals surface area (Å²) in [5.74, 6) is 0. The molecule has 1 aromatic carbocycles. The highest BCUT2D eigenvalue weighted by atomic mass is 35.5. The molecular formula is C15H16Cl2N3S-. The van der Waals surface area contributed by atoms with E-state index in [1.54, 1.807) is 11.3 Å². The van der Waals surface area contributed by atoms with E-state index >= 15 is 0 Å². The number of nitrogens with one attached hydrogen (secondary N) is 1. The maximum atomic E-state index is 5.88. The van der Waals surface area contributed by atoms with Crippen LogP contribution < -0.4 is 17.8 Å². The average Bonchev–Trinajstić information content (AvgIpc) is 2.88. The summed E-state index contributed by atoms with van der Waals surface area (Å²) in [5, 5.41) is 6.04. The van der Waals surface area contributed by atoms with E-state index in [1.807, 2.05) is 31.2 Å². The number of nitrogens with zero attached hydrogens (tertiary/aromatic N) is 2. The largest absolute Gasteiger partial charge is 1.00 e. The Kier molecular flexibility index (Phi) is 5.62. The summed E-state index contributed by atoms with van der Waals surface area (Å²) in [7, 11) is 0. The minimum absolute atomic E-state index is 0. The zero-order chi connectivity index (χ0) is 13.9. The third-order valence-electron chi connectivity index (χ3n) is 3.43. The van der Waals surface area contributed by atoms with Crippen LogP contribution >= 0.6 is 22.9 Å². The van der Waals surface area contributed by atoms with E-state index in [2.05, 4.69) is 15.5 Å². The van der Waals surface area contributed by atoms with Gasteiger partial charge in [0.1, 0.15) is 0 Å². The van der Waals surface area contributed by atoms with E-state index < -0.39 is 0 Å². The van der Waals surface area contributed by atoms with Gasteiger partial charge in [-0.3, -0.25) is 5.43 Å². The molecule has 0 bridgehead atoms. The maximum Gasteiger partial charge on any atom is 0.203 e. The molecule has 3 nitrogen and oxygen atoms in total. The van der Waals surface area contributed by atoms with Crippen molar-refractivity contribution in [3.8, 4) is 0 Å². The van der Waals surface area contributed by atoms with Gasteiger partial charge < -0.3 is 12.4 Å². The minimum atomic E-state index is 0. The highest BCUT2D eigenvalue weighted by Gasteiger charge is 2.14. The molecule has 112 valence electrons. The Morgan fingerprint density at radius 1 is 1.24 bits per heavy atom. The van der Waals surface area contributed by atoms with E-state index in [9.17, 15) is 0 Å². The van der Waals surface area contributed by atoms with Gasteiger partial charge in [-0.15, -0.1) is 11.3 Å². The van der Waals surface area contributed by atoms with Crippen molar-refractivity contribution in [3.63, 3.8) is 0 Å². The molecular weight excluding hydrogens is 325 g/mol. The van der Waals surface area contributed by atoms with Crippen LogP contribution in [0, 0.1) is 0 Å². The molecule has 2 aromatic rings. The highest BCUT2D eigenvalue weighted by molar-refractivity contribution is 7.15. The number of hydrogen-bond donors (Lipinski definition) is 1. The maximum absolute atomic E-state index is 5.88. The van der Waals surface area contributed by atoms with Gasteiger partial charge in [0.25, 0.3) is 0 Å². The summed E-state index contributed by atoms with van der Waals surface area (Å²) < 4.78 is 0. The van der Waals surface area contributed by atoms with Gasteiger partial charge in [0.15, 0.2) is 0 Å². The van der Waals surface area contributed by atoms with Crippen molar-refractivity contribution in [2.24, 2.45) is 5.10 Å². The monoisotopic (exact) mass is 340 g/mol. The highest BCUT2D eigenvalue weighted by Crippen LogP contribution is 2.29. The molecule has 0 unspecified atom stereocenters. The molecule has 21 heavy (non-hydrogen) atoms. The van der Waals surface area contributed by atoms with E-state index in [0.717, 1.165) is 34.3 Å². The lowest BCUT2D eigenvalue weighted by atomic mass is 10.0. The van der Waals surface area contributed by atoms with Gasteiger partial charge in [0, 0.05) is 9.90 Å². The standard InChI is InChI=1S/C15H16ClN3S.ClH/c1-10(11-6-8-12(16)9-7-11)18-19-15-17-13-4-2-3-5-14(13)20-15;/h6-9H,2-5H2,1H3,(H,17,19);1H/p-1. The number of hydrogen-bond acceptors (Lipinski definition) is 4. The number of halogens is 2. The lowest BCUT2D eigenvalue weighted by Crippen LogP contribution is -3.00. The van der Waals surface area contributed by atoms with Crippen LogP contribution in [0.15, 0.2) is 29.4 Å². The Morgan fingerprint density at radius 3 is 2.67 bits per heavy atom. The molecule has 0 radical (unpaired) electrons. The minimum Gasteiger partial charge on any atom is -1.00 e. The number of rotatable bonds is 3. The predicted octanol–water partition coefficient (Wildman–Crippen LogP) is 1.52. The van der Waals surface area contributed by atoms with Crippen LogP contribution in [0.25, 0.3) is 0 Å². The van der Waals surface area contributed by atoms with Crippen LogP contribution in [-0.4, -0.2) is 10.7 Å². The van der Waals surface area contributed by atoms with Crippen molar-refractivity contribution in [2.45, 2.75) is 32.6 Å². The van der Waals surface area contributed by atoms with Crippen LogP contribution in [0.4, 0.5) is 5.13 Å². The van der Waals surface area contributed by atoms with Crippen molar-refractivity contribution in [1.82, 2.24) is 4.98 Å². The second kappa shape index (κ2) is 7.25. The first-order valence-electron chi connectivity index (χ1n) is 6.77. The number of aromatic nitrogens is 1. The lowest BCUT2D eigenvalue weighted by Gasteiger charge is -2.06. The van der Waals surface area contributed by atoms with E-state index in [1.165, 1.54) is 23.4 Å². The predicted molar refractivity (Wildman–Crippen MR) is 86.0 cm³/mol. The molecule has 1 heterocycles. The topological polar surface area (TPSA) is 37.3 Å². The van der Waals surface area contributed by atoms with E-state index in [-0.39, 0.29) is 12.4 Å². The first-order valence-corrected chi connectivity index (χ1v) is 7.96. The van der Waals surface area contributed by atoms with E-state index in [4.69, 9.17) is 11.6 Å². The fourth-order valence-electron chi connectivity index (χ4n) is 2.29. The Balaban J connectivity index is 0.00000161. The number of anilines is 1. The van der Waals surface area contributed by atoms with Crippen molar-refractivity contribution in [3.05, 3.63) is 45.4 Å². The van der Waals surface area contributed by atoms with Crippen molar-refractivity contribution in [1.29, 1.82) is 0 Å². The number of hydrazone groups is 1. The van der Waals surface area contributed by atoms with Gasteiger partial charge in [-0.1, -0.05) is 23.7 Å². The van der Waals surface area contributed by atoms with Gasteiger partial charge in [0.2, 0.25) is 5.13 Å². The molecule has 0 amide bonds. The van der Waals surface area contributed by atoms with Crippen molar-refractivity contribution >= 4 is 33.8 Å². The second-order valence-electron chi connectivity index (χ2n) is 4.91. The number of fused-ring (bicyclic) bond motifs is 1. The van der Waals surface area contributed by atoms with Crippen LogP contribution in [0.1, 0.15) is 35.9 Å². The Bertz CT molecular complexity index is 611. The normalized spacial score (nSPS) is 14.3. The quantitative estimate of drug-likeness (QED) is 0.679. The van der Waals surface area contributed by atoms with Gasteiger partial charge in [-0.2, -0.15) is 5.10 Å². The SMILES string of the molecule is CC(=NNc1nc2c(s1)CCCC2)c1ccc(Cl)cc1.[Cl-]. The third-order valence-corrected chi connectivity index (χ3v) is 4.74. The molecule has 0 saturated heterocycles. The van der Waals surface area contributed by atoms with Crippen LogP contribution in [0.2, 0.25) is 5.02 Å². The Hall–Kier alpha value is -1.10. The molecule has 1 aliphatic rings. The lowest BCUT2D eigenvalue weighted by molar-refractivity contribution is -0.00000403. The summed E-state index contributed by atoms with van der Waals surface area (Å²) in [6, 6.07) is 7.68. The van der Waals surface area contributed by atoms with Gasteiger partial charge in [0.05, 0.1) is 11.4 Å². The number of aryl methyl sites for hydroxylation is 2. The van der Waals surface area contributed by atoms with Crippen molar-refractivity contribution in [2.75, 3.05) is 5.43 Å². The third kappa shape index (κ3) is 3.96. The van der Waals surface area contributed by atoms with Crippen LogP contribution in [-0.2, 0) is 12.8 Å². The Labute approximate surface area is 139 Å². The number of benzene rings is 1.